The molecule has 2 amide bonds. The summed E-state index contributed by atoms with van der Waals surface area (Å²) in [4.78, 5) is 22.2. The zero-order chi connectivity index (χ0) is 13.1. The molecule has 1 rings (SSSR count). The normalized spacial score (nSPS) is 23.3. The van der Waals surface area contributed by atoms with E-state index in [1.807, 2.05) is 0 Å². The van der Waals surface area contributed by atoms with Gasteiger partial charge in [0.25, 0.3) is 0 Å². The molecule has 1 aliphatic heterocycles. The van der Waals surface area contributed by atoms with Crippen molar-refractivity contribution in [1.82, 2.24) is 10.0 Å². The first-order chi connectivity index (χ1) is 7.84. The van der Waals surface area contributed by atoms with Gasteiger partial charge in [-0.05, 0) is 12.3 Å². The first-order valence-electron chi connectivity index (χ1n) is 5.23. The SMILES string of the molecule is CC(CCl)CS(=O)(=O)NC1CCC(=O)NC1=O. The zero-order valence-electron chi connectivity index (χ0n) is 9.40. The molecule has 1 heterocycles. The summed E-state index contributed by atoms with van der Waals surface area (Å²) >= 11 is 5.53. The maximum Gasteiger partial charge on any atom is 0.244 e. The van der Waals surface area contributed by atoms with E-state index in [2.05, 4.69) is 10.0 Å². The van der Waals surface area contributed by atoms with E-state index in [-0.39, 0.29) is 36.3 Å². The van der Waals surface area contributed by atoms with E-state index >= 15 is 0 Å². The van der Waals surface area contributed by atoms with Crippen molar-refractivity contribution >= 4 is 33.4 Å². The van der Waals surface area contributed by atoms with Gasteiger partial charge in [0.05, 0.1) is 5.75 Å². The third kappa shape index (κ3) is 4.61. The molecule has 0 aromatic carbocycles. The number of sulfonamides is 1. The van der Waals surface area contributed by atoms with Gasteiger partial charge in [-0.25, -0.2) is 13.1 Å². The Morgan fingerprint density at radius 3 is 2.71 bits per heavy atom. The van der Waals surface area contributed by atoms with Gasteiger partial charge in [-0.15, -0.1) is 11.6 Å². The van der Waals surface area contributed by atoms with Crippen LogP contribution in [0.15, 0.2) is 0 Å². The second-order valence-electron chi connectivity index (χ2n) is 4.16. The predicted octanol–water partition coefficient (Wildman–Crippen LogP) is -0.414. The minimum Gasteiger partial charge on any atom is -0.295 e. The fourth-order valence-corrected chi connectivity index (χ4v) is 3.35. The molecular weight excluding hydrogens is 268 g/mol. The summed E-state index contributed by atoms with van der Waals surface area (Å²) in [5.41, 5.74) is 0. The van der Waals surface area contributed by atoms with Gasteiger partial charge < -0.3 is 0 Å². The van der Waals surface area contributed by atoms with Crippen LogP contribution in [0.5, 0.6) is 0 Å². The molecule has 98 valence electrons. The smallest absolute Gasteiger partial charge is 0.244 e. The number of carbonyl (C=O) groups excluding carboxylic acids is 2. The first kappa shape index (κ1) is 14.4. The number of amides is 2. The van der Waals surface area contributed by atoms with Crippen LogP contribution in [0.4, 0.5) is 0 Å². The topological polar surface area (TPSA) is 92.3 Å². The molecule has 0 aromatic heterocycles. The number of hydrogen-bond donors (Lipinski definition) is 2. The van der Waals surface area contributed by atoms with Crippen LogP contribution >= 0.6 is 11.6 Å². The Bertz CT molecular complexity index is 409. The number of halogens is 1. The predicted molar refractivity (Wildman–Crippen MR) is 63.0 cm³/mol. The Morgan fingerprint density at radius 1 is 1.53 bits per heavy atom. The summed E-state index contributed by atoms with van der Waals surface area (Å²) < 4.78 is 25.6. The Hall–Kier alpha value is -0.660. The second-order valence-corrected chi connectivity index (χ2v) is 6.27. The second kappa shape index (κ2) is 5.79. The molecule has 0 aliphatic carbocycles. The van der Waals surface area contributed by atoms with Gasteiger partial charge in [-0.3, -0.25) is 14.9 Å². The molecule has 0 aromatic rings. The van der Waals surface area contributed by atoms with Gasteiger partial charge in [-0.2, -0.15) is 0 Å². The molecule has 2 N–H and O–H groups in total. The number of hydrogen-bond acceptors (Lipinski definition) is 4. The minimum absolute atomic E-state index is 0.131. The van der Waals surface area contributed by atoms with Crippen molar-refractivity contribution in [3.63, 3.8) is 0 Å². The molecule has 0 spiro atoms. The third-order valence-electron chi connectivity index (χ3n) is 2.33. The molecule has 6 nitrogen and oxygen atoms in total. The Balaban J connectivity index is 2.59. The molecule has 2 unspecified atom stereocenters. The van der Waals surface area contributed by atoms with Gasteiger partial charge in [0.1, 0.15) is 6.04 Å². The van der Waals surface area contributed by atoms with Crippen molar-refractivity contribution in [2.45, 2.75) is 25.8 Å². The van der Waals surface area contributed by atoms with Crippen LogP contribution < -0.4 is 10.0 Å². The van der Waals surface area contributed by atoms with Crippen molar-refractivity contribution in [3.05, 3.63) is 0 Å². The summed E-state index contributed by atoms with van der Waals surface area (Å²) in [6.07, 6.45) is 0.336. The molecular formula is C9H15ClN2O4S. The first-order valence-corrected chi connectivity index (χ1v) is 7.42. The lowest BCUT2D eigenvalue weighted by molar-refractivity contribution is -0.134. The molecule has 0 saturated carbocycles. The Kier molecular flexibility index (Phi) is 4.91. The molecule has 8 heteroatoms. The van der Waals surface area contributed by atoms with Gasteiger partial charge in [0.15, 0.2) is 0 Å². The highest BCUT2D eigenvalue weighted by molar-refractivity contribution is 7.89. The van der Waals surface area contributed by atoms with Gasteiger partial charge >= 0.3 is 0 Å². The Labute approximate surface area is 105 Å². The van der Waals surface area contributed by atoms with Gasteiger partial charge in [0, 0.05) is 12.3 Å². The van der Waals surface area contributed by atoms with Crippen LogP contribution in [0.2, 0.25) is 0 Å². The van der Waals surface area contributed by atoms with Crippen molar-refractivity contribution in [2.24, 2.45) is 5.92 Å². The van der Waals surface area contributed by atoms with E-state index in [9.17, 15) is 18.0 Å². The number of piperidine rings is 1. The number of carbonyl (C=O) groups is 2. The van der Waals surface area contributed by atoms with Crippen LogP contribution in [0, 0.1) is 5.92 Å². The van der Waals surface area contributed by atoms with Crippen molar-refractivity contribution in [1.29, 1.82) is 0 Å². The number of imide groups is 1. The van der Waals surface area contributed by atoms with Crippen molar-refractivity contribution in [3.8, 4) is 0 Å². The molecule has 1 fully saturated rings. The van der Waals surface area contributed by atoms with Crippen LogP contribution in [0.3, 0.4) is 0 Å². The number of alkyl halides is 1. The quantitative estimate of drug-likeness (QED) is 0.529. The summed E-state index contributed by atoms with van der Waals surface area (Å²) in [5.74, 6) is -1.06. The van der Waals surface area contributed by atoms with Crippen molar-refractivity contribution in [2.75, 3.05) is 11.6 Å². The summed E-state index contributed by atoms with van der Waals surface area (Å²) in [6, 6.07) is -0.861. The van der Waals surface area contributed by atoms with E-state index in [4.69, 9.17) is 11.6 Å². The van der Waals surface area contributed by atoms with Crippen LogP contribution in [0.1, 0.15) is 19.8 Å². The summed E-state index contributed by atoms with van der Waals surface area (Å²) in [7, 11) is -3.55. The lowest BCUT2D eigenvalue weighted by Crippen LogP contribution is -2.52. The number of rotatable bonds is 5. The van der Waals surface area contributed by atoms with E-state index in [0.29, 0.717) is 0 Å². The van der Waals surface area contributed by atoms with Gasteiger partial charge in [-0.1, -0.05) is 6.92 Å². The van der Waals surface area contributed by atoms with Crippen LogP contribution in [-0.4, -0.2) is 37.9 Å². The molecule has 0 radical (unpaired) electrons. The number of nitrogens with one attached hydrogen (secondary N) is 2. The van der Waals surface area contributed by atoms with E-state index < -0.39 is 22.0 Å². The van der Waals surface area contributed by atoms with E-state index in [1.165, 1.54) is 0 Å². The largest absolute Gasteiger partial charge is 0.295 e. The average molecular weight is 283 g/mol. The monoisotopic (exact) mass is 282 g/mol. The summed E-state index contributed by atoms with van der Waals surface area (Å²) in [5, 5.41) is 2.09. The maximum atomic E-state index is 11.7. The van der Waals surface area contributed by atoms with E-state index in [1.54, 1.807) is 6.92 Å². The van der Waals surface area contributed by atoms with Crippen molar-refractivity contribution < 1.29 is 18.0 Å². The average Bonchev–Trinajstić information content (AvgIpc) is 2.21. The fraction of sp³-hybridized carbons (Fsp3) is 0.778. The van der Waals surface area contributed by atoms with Gasteiger partial charge in [0.2, 0.25) is 21.8 Å². The van der Waals surface area contributed by atoms with Crippen LogP contribution in [0.25, 0.3) is 0 Å². The molecule has 2 atom stereocenters. The highest BCUT2D eigenvalue weighted by Gasteiger charge is 2.30. The zero-order valence-corrected chi connectivity index (χ0v) is 11.0. The molecule has 1 saturated heterocycles. The lowest BCUT2D eigenvalue weighted by atomic mass is 10.1. The maximum absolute atomic E-state index is 11.7. The molecule has 1 aliphatic rings. The highest BCUT2D eigenvalue weighted by Crippen LogP contribution is 2.08. The fourth-order valence-electron chi connectivity index (χ4n) is 1.49. The summed E-state index contributed by atoms with van der Waals surface area (Å²) in [6.45, 7) is 1.71. The lowest BCUT2D eigenvalue weighted by Gasteiger charge is -2.22. The molecule has 17 heavy (non-hydrogen) atoms. The standard InChI is InChI=1S/C9H15ClN2O4S/c1-6(4-10)5-17(15,16)12-7-2-3-8(13)11-9(7)14/h6-7,12H,2-5H2,1H3,(H,11,13,14). The van der Waals surface area contributed by atoms with E-state index in [0.717, 1.165) is 0 Å². The highest BCUT2D eigenvalue weighted by atomic mass is 35.5. The molecule has 0 bridgehead atoms. The minimum atomic E-state index is -3.55. The third-order valence-corrected chi connectivity index (χ3v) is 4.51. The van der Waals surface area contributed by atoms with Crippen LogP contribution in [-0.2, 0) is 19.6 Å². The Morgan fingerprint density at radius 2 is 2.18 bits per heavy atom.